The first-order valence-corrected chi connectivity index (χ1v) is 11.6. The third-order valence-electron chi connectivity index (χ3n) is 6.33. The van der Waals surface area contributed by atoms with Gasteiger partial charge in [-0.2, -0.15) is 0 Å². The van der Waals surface area contributed by atoms with Gasteiger partial charge in [0.05, 0.1) is 21.3 Å². The largest absolute Gasteiger partial charge is 0.493 e. The molecular weight excluding hydrogens is 444 g/mol. The molecule has 0 spiro atoms. The van der Waals surface area contributed by atoms with Gasteiger partial charge in [0, 0.05) is 20.0 Å². The molecule has 1 aliphatic heterocycles. The standard InChI is InChI=1S/C28H34N2O5/c1-7-8-9-10-15-30-19(2)27(31)29(3)23(28(30)32)16-20-11-13-21(14-12-20)22-17-24(33-4)26(35-6)25(18-22)34-5/h7-14,17-19,23H,15-16H2,1-6H3/b8-7+,10-9+. The maximum atomic E-state index is 13.3. The molecule has 1 saturated heterocycles. The van der Waals surface area contributed by atoms with Crippen molar-refractivity contribution in [1.82, 2.24) is 9.80 Å². The van der Waals surface area contributed by atoms with Gasteiger partial charge < -0.3 is 24.0 Å². The van der Waals surface area contributed by atoms with Crippen LogP contribution in [0.25, 0.3) is 11.1 Å². The van der Waals surface area contributed by atoms with Crippen molar-refractivity contribution in [2.24, 2.45) is 0 Å². The summed E-state index contributed by atoms with van der Waals surface area (Å²) < 4.78 is 16.3. The Kier molecular flexibility index (Phi) is 8.58. The van der Waals surface area contributed by atoms with Crippen LogP contribution in [0.2, 0.25) is 0 Å². The fraction of sp³-hybridized carbons (Fsp3) is 0.357. The number of likely N-dealkylation sites (N-methyl/N-ethyl adjacent to an activating group) is 1. The molecule has 0 radical (unpaired) electrons. The van der Waals surface area contributed by atoms with Gasteiger partial charge in [-0.25, -0.2) is 0 Å². The summed E-state index contributed by atoms with van der Waals surface area (Å²) in [6.07, 6.45) is 8.05. The van der Waals surface area contributed by atoms with E-state index < -0.39 is 12.1 Å². The molecule has 2 atom stereocenters. The zero-order chi connectivity index (χ0) is 25.5. The Morgan fingerprint density at radius 1 is 0.886 bits per heavy atom. The molecule has 1 fully saturated rings. The first-order valence-electron chi connectivity index (χ1n) is 11.6. The van der Waals surface area contributed by atoms with Crippen LogP contribution in [0.3, 0.4) is 0 Å². The van der Waals surface area contributed by atoms with Gasteiger partial charge in [-0.05, 0) is 42.7 Å². The molecule has 2 unspecified atom stereocenters. The molecule has 1 aliphatic rings. The Bertz CT molecular complexity index is 1080. The fourth-order valence-corrected chi connectivity index (χ4v) is 4.27. The lowest BCUT2D eigenvalue weighted by atomic mass is 9.96. The zero-order valence-electron chi connectivity index (χ0n) is 21.3. The molecule has 2 amide bonds. The Labute approximate surface area is 207 Å². The molecule has 2 aromatic carbocycles. The molecule has 1 heterocycles. The molecule has 35 heavy (non-hydrogen) atoms. The van der Waals surface area contributed by atoms with Gasteiger partial charge in [-0.1, -0.05) is 48.6 Å². The van der Waals surface area contributed by atoms with E-state index in [1.54, 1.807) is 45.1 Å². The van der Waals surface area contributed by atoms with Gasteiger partial charge in [-0.3, -0.25) is 9.59 Å². The Morgan fingerprint density at radius 2 is 1.51 bits per heavy atom. The monoisotopic (exact) mass is 478 g/mol. The minimum atomic E-state index is -0.541. The van der Waals surface area contributed by atoms with Crippen molar-refractivity contribution in [3.63, 3.8) is 0 Å². The lowest BCUT2D eigenvalue weighted by Gasteiger charge is -2.42. The van der Waals surface area contributed by atoms with E-state index in [4.69, 9.17) is 14.2 Å². The van der Waals surface area contributed by atoms with Gasteiger partial charge in [0.25, 0.3) is 0 Å². The van der Waals surface area contributed by atoms with Crippen molar-refractivity contribution in [2.75, 3.05) is 34.9 Å². The van der Waals surface area contributed by atoms with Crippen LogP contribution in [0, 0.1) is 0 Å². The minimum absolute atomic E-state index is 0.0431. The number of benzene rings is 2. The highest BCUT2D eigenvalue weighted by Crippen LogP contribution is 2.41. The molecule has 186 valence electrons. The van der Waals surface area contributed by atoms with E-state index in [0.29, 0.717) is 30.2 Å². The van der Waals surface area contributed by atoms with Crippen molar-refractivity contribution in [3.8, 4) is 28.4 Å². The number of amides is 2. The van der Waals surface area contributed by atoms with Crippen LogP contribution in [-0.2, 0) is 16.0 Å². The first-order chi connectivity index (χ1) is 16.9. The van der Waals surface area contributed by atoms with Crippen LogP contribution in [0.1, 0.15) is 19.4 Å². The second-order valence-electron chi connectivity index (χ2n) is 8.40. The van der Waals surface area contributed by atoms with Crippen molar-refractivity contribution in [2.45, 2.75) is 32.4 Å². The molecule has 3 rings (SSSR count). The van der Waals surface area contributed by atoms with Gasteiger partial charge in [0.1, 0.15) is 12.1 Å². The van der Waals surface area contributed by atoms with E-state index in [0.717, 1.165) is 16.7 Å². The summed E-state index contributed by atoms with van der Waals surface area (Å²) in [7, 11) is 6.45. The number of methoxy groups -OCH3 is 3. The molecule has 0 saturated carbocycles. The average molecular weight is 479 g/mol. The van der Waals surface area contributed by atoms with Gasteiger partial charge >= 0.3 is 0 Å². The van der Waals surface area contributed by atoms with E-state index >= 15 is 0 Å². The summed E-state index contributed by atoms with van der Waals surface area (Å²) in [4.78, 5) is 29.4. The van der Waals surface area contributed by atoms with Crippen LogP contribution in [0.5, 0.6) is 17.2 Å². The summed E-state index contributed by atoms with van der Waals surface area (Å²) in [6.45, 7) is 4.11. The lowest BCUT2D eigenvalue weighted by Crippen LogP contribution is -2.63. The number of carbonyl (C=O) groups excluding carboxylic acids is 2. The van der Waals surface area contributed by atoms with Crippen LogP contribution in [0.15, 0.2) is 60.7 Å². The van der Waals surface area contributed by atoms with Crippen LogP contribution < -0.4 is 14.2 Å². The quantitative estimate of drug-likeness (QED) is 0.508. The number of ether oxygens (including phenoxy) is 3. The Hall–Kier alpha value is -3.74. The van der Waals surface area contributed by atoms with Crippen molar-refractivity contribution in [3.05, 3.63) is 66.3 Å². The van der Waals surface area contributed by atoms with E-state index in [2.05, 4.69) is 0 Å². The molecule has 7 nitrogen and oxygen atoms in total. The normalized spacial score (nSPS) is 18.6. The number of hydrogen-bond donors (Lipinski definition) is 0. The molecule has 7 heteroatoms. The van der Waals surface area contributed by atoms with E-state index in [-0.39, 0.29) is 11.8 Å². The van der Waals surface area contributed by atoms with Crippen molar-refractivity contribution in [1.29, 1.82) is 0 Å². The van der Waals surface area contributed by atoms with Crippen LogP contribution in [0.4, 0.5) is 0 Å². The van der Waals surface area contributed by atoms with E-state index in [9.17, 15) is 9.59 Å². The summed E-state index contributed by atoms with van der Waals surface area (Å²) in [6, 6.07) is 10.7. The fourth-order valence-electron chi connectivity index (χ4n) is 4.27. The van der Waals surface area contributed by atoms with Crippen molar-refractivity contribution >= 4 is 11.8 Å². The molecule has 2 aromatic rings. The molecule has 0 aliphatic carbocycles. The molecule has 0 N–H and O–H groups in total. The molecule has 0 bridgehead atoms. The third-order valence-corrected chi connectivity index (χ3v) is 6.33. The summed E-state index contributed by atoms with van der Waals surface area (Å²) in [5.41, 5.74) is 2.86. The highest BCUT2D eigenvalue weighted by Gasteiger charge is 2.41. The lowest BCUT2D eigenvalue weighted by molar-refractivity contribution is -0.158. The second kappa shape index (κ2) is 11.6. The zero-order valence-corrected chi connectivity index (χ0v) is 21.3. The second-order valence-corrected chi connectivity index (χ2v) is 8.40. The molecular formula is C28H34N2O5. The first kappa shape index (κ1) is 25.9. The van der Waals surface area contributed by atoms with E-state index in [1.165, 1.54) is 0 Å². The minimum Gasteiger partial charge on any atom is -0.493 e. The van der Waals surface area contributed by atoms with Gasteiger partial charge in [0.2, 0.25) is 17.6 Å². The summed E-state index contributed by atoms with van der Waals surface area (Å²) >= 11 is 0. The highest BCUT2D eigenvalue weighted by atomic mass is 16.5. The highest BCUT2D eigenvalue weighted by molar-refractivity contribution is 5.96. The predicted octanol–water partition coefficient (Wildman–Crippen LogP) is 4.11. The van der Waals surface area contributed by atoms with Crippen molar-refractivity contribution < 1.29 is 23.8 Å². The third kappa shape index (κ3) is 5.50. The predicted molar refractivity (Wildman–Crippen MR) is 137 cm³/mol. The number of rotatable bonds is 9. The Morgan fingerprint density at radius 3 is 2.06 bits per heavy atom. The number of piperazine rings is 1. The maximum absolute atomic E-state index is 13.3. The molecule has 0 aromatic heterocycles. The summed E-state index contributed by atoms with van der Waals surface area (Å²) in [5, 5.41) is 0. The number of hydrogen-bond acceptors (Lipinski definition) is 5. The number of allylic oxidation sites excluding steroid dienone is 3. The Balaban J connectivity index is 1.82. The number of carbonyl (C=O) groups is 2. The SMILES string of the molecule is C/C=C/C=C/CN1C(=O)C(Cc2ccc(-c3cc(OC)c(OC)c(OC)c3)cc2)N(C)C(=O)C1C. The maximum Gasteiger partial charge on any atom is 0.246 e. The number of nitrogens with zero attached hydrogens (tertiary/aromatic N) is 2. The smallest absolute Gasteiger partial charge is 0.246 e. The van der Waals surface area contributed by atoms with Crippen LogP contribution in [-0.4, -0.2) is 68.6 Å². The van der Waals surface area contributed by atoms with Gasteiger partial charge in [0.15, 0.2) is 11.5 Å². The summed E-state index contributed by atoms with van der Waals surface area (Å²) in [5.74, 6) is 1.60. The van der Waals surface area contributed by atoms with Crippen LogP contribution >= 0.6 is 0 Å². The van der Waals surface area contributed by atoms with Gasteiger partial charge in [-0.15, -0.1) is 0 Å². The average Bonchev–Trinajstić information content (AvgIpc) is 2.89. The topological polar surface area (TPSA) is 68.3 Å². The van der Waals surface area contributed by atoms with E-state index in [1.807, 2.05) is 67.6 Å².